The number of ether oxygens (including phenoxy) is 2. The molecule has 1 aromatic heterocycles. The van der Waals surface area contributed by atoms with Gasteiger partial charge in [-0.15, -0.1) is 0 Å². The molecule has 2 heterocycles. The van der Waals surface area contributed by atoms with Gasteiger partial charge in [0.25, 0.3) is 5.91 Å². The van der Waals surface area contributed by atoms with Crippen LogP contribution in [0.15, 0.2) is 36.9 Å². The van der Waals surface area contributed by atoms with Crippen LogP contribution in [-0.4, -0.2) is 46.5 Å². The van der Waals surface area contributed by atoms with Crippen LogP contribution in [0.3, 0.4) is 0 Å². The maximum Gasteiger partial charge on any atom is 0.251 e. The standard InChI is InChI=1S/C17H22N4O3/c22-17(19-8-2-9-21-13-18-12-20-21)14-4-6-15(7-5-14)24-11-16-3-1-10-23-16/h4-7,12-13,16H,1-3,8-11H2,(H,19,22)/t16-/m0/s1. The molecule has 1 fully saturated rings. The Kier molecular flexibility index (Phi) is 5.79. The monoisotopic (exact) mass is 330 g/mol. The molecule has 0 aliphatic carbocycles. The van der Waals surface area contributed by atoms with E-state index in [1.54, 1.807) is 23.1 Å². The van der Waals surface area contributed by atoms with Crippen LogP contribution in [0, 0.1) is 0 Å². The van der Waals surface area contributed by atoms with E-state index in [4.69, 9.17) is 9.47 Å². The molecule has 0 spiro atoms. The van der Waals surface area contributed by atoms with Crippen LogP contribution in [0.1, 0.15) is 29.6 Å². The van der Waals surface area contributed by atoms with E-state index in [-0.39, 0.29) is 12.0 Å². The van der Waals surface area contributed by atoms with Crippen molar-refractivity contribution in [1.82, 2.24) is 20.1 Å². The summed E-state index contributed by atoms with van der Waals surface area (Å²) in [6.45, 7) is 2.71. The van der Waals surface area contributed by atoms with Crippen molar-refractivity contribution in [3.8, 4) is 5.75 Å². The van der Waals surface area contributed by atoms with E-state index in [1.165, 1.54) is 6.33 Å². The van der Waals surface area contributed by atoms with Gasteiger partial charge in [0.2, 0.25) is 0 Å². The van der Waals surface area contributed by atoms with Gasteiger partial charge < -0.3 is 14.8 Å². The third kappa shape index (κ3) is 4.79. The van der Waals surface area contributed by atoms with Crippen LogP contribution >= 0.6 is 0 Å². The topological polar surface area (TPSA) is 78.3 Å². The highest BCUT2D eigenvalue weighted by molar-refractivity contribution is 5.94. The quantitative estimate of drug-likeness (QED) is 0.745. The number of aromatic nitrogens is 3. The van der Waals surface area contributed by atoms with Gasteiger partial charge in [0, 0.05) is 25.3 Å². The Bertz CT molecular complexity index is 622. The van der Waals surface area contributed by atoms with Crippen LogP contribution in [0.5, 0.6) is 5.75 Å². The molecule has 1 aliphatic heterocycles. The number of benzene rings is 1. The molecule has 2 aromatic rings. The van der Waals surface area contributed by atoms with Crippen LogP contribution in [0.4, 0.5) is 0 Å². The van der Waals surface area contributed by atoms with Crippen LogP contribution in [0.25, 0.3) is 0 Å². The van der Waals surface area contributed by atoms with E-state index in [1.807, 2.05) is 12.1 Å². The van der Waals surface area contributed by atoms with E-state index in [2.05, 4.69) is 15.4 Å². The van der Waals surface area contributed by atoms with Crippen molar-refractivity contribution in [3.05, 3.63) is 42.5 Å². The molecule has 7 heteroatoms. The first-order valence-corrected chi connectivity index (χ1v) is 8.26. The first kappa shape index (κ1) is 16.4. The number of rotatable bonds is 8. The summed E-state index contributed by atoms with van der Waals surface area (Å²) in [6, 6.07) is 7.19. The first-order valence-electron chi connectivity index (χ1n) is 8.26. The minimum Gasteiger partial charge on any atom is -0.491 e. The van der Waals surface area contributed by atoms with Gasteiger partial charge in [-0.2, -0.15) is 5.10 Å². The molecule has 0 bridgehead atoms. The molecule has 1 aromatic carbocycles. The van der Waals surface area contributed by atoms with Gasteiger partial charge in [-0.1, -0.05) is 0 Å². The molecule has 3 rings (SSSR count). The smallest absolute Gasteiger partial charge is 0.251 e. The number of aryl methyl sites for hydroxylation is 1. The molecule has 1 amide bonds. The normalized spacial score (nSPS) is 16.9. The largest absolute Gasteiger partial charge is 0.491 e. The molecule has 1 saturated heterocycles. The highest BCUT2D eigenvalue weighted by atomic mass is 16.5. The fraction of sp³-hybridized carbons (Fsp3) is 0.471. The lowest BCUT2D eigenvalue weighted by Crippen LogP contribution is -2.25. The van der Waals surface area contributed by atoms with Gasteiger partial charge in [0.15, 0.2) is 0 Å². The van der Waals surface area contributed by atoms with Crippen LogP contribution in [0.2, 0.25) is 0 Å². The zero-order valence-electron chi connectivity index (χ0n) is 13.6. The second kappa shape index (κ2) is 8.44. The third-order valence-corrected chi connectivity index (χ3v) is 3.89. The fourth-order valence-corrected chi connectivity index (χ4v) is 2.56. The Morgan fingerprint density at radius 1 is 1.38 bits per heavy atom. The second-order valence-corrected chi connectivity index (χ2v) is 5.74. The lowest BCUT2D eigenvalue weighted by Gasteiger charge is -2.11. The Balaban J connectivity index is 1.38. The average molecular weight is 330 g/mol. The molecule has 0 radical (unpaired) electrons. The number of nitrogens with zero attached hydrogens (tertiary/aromatic N) is 3. The predicted octanol–water partition coefficient (Wildman–Crippen LogP) is 1.66. The maximum atomic E-state index is 12.1. The molecule has 24 heavy (non-hydrogen) atoms. The molecule has 1 aliphatic rings. The van der Waals surface area contributed by atoms with Crippen LogP contribution < -0.4 is 10.1 Å². The second-order valence-electron chi connectivity index (χ2n) is 5.74. The highest BCUT2D eigenvalue weighted by Gasteiger charge is 2.16. The van der Waals surface area contributed by atoms with E-state index >= 15 is 0 Å². The number of amides is 1. The number of carbonyl (C=O) groups is 1. The Morgan fingerprint density at radius 3 is 2.96 bits per heavy atom. The molecule has 1 atom stereocenters. The molecule has 1 N–H and O–H groups in total. The number of hydrogen-bond donors (Lipinski definition) is 1. The zero-order valence-corrected chi connectivity index (χ0v) is 13.6. The number of carbonyl (C=O) groups excluding carboxylic acids is 1. The minimum atomic E-state index is -0.0840. The molecule has 7 nitrogen and oxygen atoms in total. The lowest BCUT2D eigenvalue weighted by molar-refractivity contribution is 0.0679. The molecule has 0 saturated carbocycles. The maximum absolute atomic E-state index is 12.1. The van der Waals surface area contributed by atoms with Crippen molar-refractivity contribution < 1.29 is 14.3 Å². The van der Waals surface area contributed by atoms with Gasteiger partial charge in [-0.05, 0) is 43.5 Å². The van der Waals surface area contributed by atoms with E-state index in [9.17, 15) is 4.79 Å². The Hall–Kier alpha value is -2.41. The Labute approximate surface area is 141 Å². The van der Waals surface area contributed by atoms with Crippen molar-refractivity contribution in [3.63, 3.8) is 0 Å². The van der Waals surface area contributed by atoms with Crippen molar-refractivity contribution in [2.75, 3.05) is 19.8 Å². The molecule has 128 valence electrons. The Morgan fingerprint density at radius 2 is 2.25 bits per heavy atom. The summed E-state index contributed by atoms with van der Waals surface area (Å²) in [5.41, 5.74) is 0.625. The van der Waals surface area contributed by atoms with Gasteiger partial charge in [0.1, 0.15) is 25.0 Å². The van der Waals surface area contributed by atoms with E-state index < -0.39 is 0 Å². The highest BCUT2D eigenvalue weighted by Crippen LogP contribution is 2.16. The third-order valence-electron chi connectivity index (χ3n) is 3.89. The summed E-state index contributed by atoms with van der Waals surface area (Å²) in [7, 11) is 0. The number of hydrogen-bond acceptors (Lipinski definition) is 5. The van der Waals surface area contributed by atoms with Crippen molar-refractivity contribution in [2.45, 2.75) is 31.9 Å². The summed E-state index contributed by atoms with van der Waals surface area (Å²) in [5, 5.41) is 6.91. The molecular weight excluding hydrogens is 308 g/mol. The van der Waals surface area contributed by atoms with Gasteiger partial charge in [-0.25, -0.2) is 4.98 Å². The molecular formula is C17H22N4O3. The summed E-state index contributed by atoms with van der Waals surface area (Å²) < 4.78 is 13.0. The SMILES string of the molecule is O=C(NCCCn1cncn1)c1ccc(OC[C@@H]2CCCO2)cc1. The zero-order chi connectivity index (χ0) is 16.6. The first-order chi connectivity index (χ1) is 11.8. The van der Waals surface area contributed by atoms with Crippen molar-refractivity contribution in [2.24, 2.45) is 0 Å². The van der Waals surface area contributed by atoms with Gasteiger partial charge >= 0.3 is 0 Å². The lowest BCUT2D eigenvalue weighted by atomic mass is 10.2. The summed E-state index contributed by atoms with van der Waals surface area (Å²) >= 11 is 0. The summed E-state index contributed by atoms with van der Waals surface area (Å²) in [4.78, 5) is 16.0. The summed E-state index contributed by atoms with van der Waals surface area (Å²) in [6.07, 6.45) is 6.31. The summed E-state index contributed by atoms with van der Waals surface area (Å²) in [5.74, 6) is 0.674. The van der Waals surface area contributed by atoms with E-state index in [0.29, 0.717) is 18.7 Å². The van der Waals surface area contributed by atoms with Crippen LogP contribution in [-0.2, 0) is 11.3 Å². The average Bonchev–Trinajstić information content (AvgIpc) is 3.31. The van der Waals surface area contributed by atoms with E-state index in [0.717, 1.165) is 38.2 Å². The van der Waals surface area contributed by atoms with Gasteiger partial charge in [0.05, 0.1) is 6.10 Å². The fourth-order valence-electron chi connectivity index (χ4n) is 2.56. The van der Waals surface area contributed by atoms with Gasteiger partial charge in [-0.3, -0.25) is 9.48 Å². The number of nitrogens with one attached hydrogen (secondary N) is 1. The molecule has 0 unspecified atom stereocenters. The minimum absolute atomic E-state index is 0.0840. The predicted molar refractivity (Wildman–Crippen MR) is 87.9 cm³/mol. The van der Waals surface area contributed by atoms with Crippen molar-refractivity contribution >= 4 is 5.91 Å². The van der Waals surface area contributed by atoms with Crippen molar-refractivity contribution in [1.29, 1.82) is 0 Å².